The van der Waals surface area contributed by atoms with Crippen LogP contribution in [0.5, 0.6) is 0 Å². The lowest BCUT2D eigenvalue weighted by atomic mass is 10.1. The van der Waals surface area contributed by atoms with Crippen LogP contribution in [0.4, 0.5) is 4.39 Å². The highest BCUT2D eigenvalue weighted by molar-refractivity contribution is 5.78. The maximum atomic E-state index is 12.6. The van der Waals surface area contributed by atoms with Crippen LogP contribution in [-0.2, 0) is 0 Å². The Labute approximate surface area is 70.5 Å². The van der Waals surface area contributed by atoms with Crippen LogP contribution in [0.25, 0.3) is 0 Å². The molecule has 0 atom stereocenters. The number of aliphatic imine (C=N–C) groups is 1. The van der Waals surface area contributed by atoms with Crippen LogP contribution in [0.1, 0.15) is 12.8 Å². The molecule has 1 aliphatic heterocycles. The molecule has 0 unspecified atom stereocenters. The summed E-state index contributed by atoms with van der Waals surface area (Å²) in [6, 6.07) is 0. The van der Waals surface area contributed by atoms with Gasteiger partial charge in [-0.25, -0.2) is 4.39 Å². The summed E-state index contributed by atoms with van der Waals surface area (Å²) in [5.41, 5.74) is 5.44. The summed E-state index contributed by atoms with van der Waals surface area (Å²) in [5.74, 6) is 0.199. The highest BCUT2D eigenvalue weighted by atomic mass is 19.1. The van der Waals surface area contributed by atoms with Gasteiger partial charge < -0.3 is 10.6 Å². The van der Waals surface area contributed by atoms with Crippen LogP contribution in [0.2, 0.25) is 0 Å². The highest BCUT2D eigenvalue weighted by Crippen LogP contribution is 2.12. The summed E-state index contributed by atoms with van der Waals surface area (Å²) < 4.78 is 12.6. The topological polar surface area (TPSA) is 65.4 Å². The molecular weight excluding hydrogens is 159 g/mol. The van der Waals surface area contributed by atoms with E-state index in [9.17, 15) is 4.39 Å². The van der Waals surface area contributed by atoms with Crippen molar-refractivity contribution < 1.29 is 4.39 Å². The summed E-state index contributed by atoms with van der Waals surface area (Å²) in [6.07, 6.45) is 1.83. The summed E-state index contributed by atoms with van der Waals surface area (Å²) in [7, 11) is 0. The van der Waals surface area contributed by atoms with Gasteiger partial charge in [0.15, 0.2) is 0 Å². The molecule has 0 aromatic rings. The maximum absolute atomic E-state index is 12.6. The largest absolute Gasteiger partial charge is 0.369 e. The molecule has 66 valence electrons. The van der Waals surface area contributed by atoms with Gasteiger partial charge >= 0.3 is 0 Å². The molecule has 1 saturated heterocycles. The first kappa shape index (κ1) is 8.78. The van der Waals surface area contributed by atoms with Gasteiger partial charge in [-0.05, 0) is 12.8 Å². The Kier molecular flexibility index (Phi) is 2.86. The number of hydrogen-bond donors (Lipinski definition) is 1. The van der Waals surface area contributed by atoms with E-state index >= 15 is 0 Å². The number of halogens is 1. The van der Waals surface area contributed by atoms with Crippen molar-refractivity contribution in [1.82, 2.24) is 4.90 Å². The molecule has 2 N–H and O–H groups in total. The molecule has 0 radical (unpaired) electrons. The molecule has 0 aromatic heterocycles. The number of piperidine rings is 1. The van der Waals surface area contributed by atoms with Crippen LogP contribution in [0, 0.1) is 11.5 Å². The third kappa shape index (κ3) is 2.09. The number of likely N-dealkylation sites (tertiary alicyclic amines) is 1. The van der Waals surface area contributed by atoms with Gasteiger partial charge in [-0.15, -0.1) is 4.99 Å². The third-order valence-electron chi connectivity index (χ3n) is 1.91. The van der Waals surface area contributed by atoms with Gasteiger partial charge in [-0.1, -0.05) is 0 Å². The lowest BCUT2D eigenvalue weighted by Gasteiger charge is -2.28. The van der Waals surface area contributed by atoms with Crippen molar-refractivity contribution in [2.24, 2.45) is 10.7 Å². The zero-order valence-corrected chi connectivity index (χ0v) is 6.70. The Morgan fingerprint density at radius 2 is 2.17 bits per heavy atom. The van der Waals surface area contributed by atoms with E-state index in [0.29, 0.717) is 25.9 Å². The Morgan fingerprint density at radius 3 is 2.67 bits per heavy atom. The van der Waals surface area contributed by atoms with Crippen molar-refractivity contribution in [2.75, 3.05) is 13.1 Å². The summed E-state index contributed by atoms with van der Waals surface area (Å²) in [5, 5.41) is 8.20. The third-order valence-corrected chi connectivity index (χ3v) is 1.91. The number of nitrogens with two attached hydrogens (primary N) is 1. The van der Waals surface area contributed by atoms with Gasteiger partial charge in [0, 0.05) is 13.1 Å². The number of nitriles is 1. The van der Waals surface area contributed by atoms with Crippen molar-refractivity contribution in [2.45, 2.75) is 19.0 Å². The van der Waals surface area contributed by atoms with E-state index in [1.165, 1.54) is 0 Å². The highest BCUT2D eigenvalue weighted by Gasteiger charge is 2.19. The maximum Gasteiger partial charge on any atom is 0.209 e. The van der Waals surface area contributed by atoms with Gasteiger partial charge in [0.25, 0.3) is 0 Å². The fourth-order valence-corrected chi connectivity index (χ4v) is 1.20. The molecule has 0 spiro atoms. The van der Waals surface area contributed by atoms with Gasteiger partial charge in [-0.3, -0.25) is 0 Å². The predicted molar refractivity (Wildman–Crippen MR) is 42.9 cm³/mol. The lowest BCUT2D eigenvalue weighted by Crippen LogP contribution is -2.43. The average Bonchev–Trinajstić information content (AvgIpc) is 2.06. The summed E-state index contributed by atoms with van der Waals surface area (Å²) in [4.78, 5) is 5.10. The molecule has 0 bridgehead atoms. The average molecular weight is 170 g/mol. The minimum atomic E-state index is -0.726. The molecule has 1 fully saturated rings. The number of hydrogen-bond acceptors (Lipinski definition) is 2. The minimum Gasteiger partial charge on any atom is -0.369 e. The quantitative estimate of drug-likeness (QED) is 0.321. The Balaban J connectivity index is 2.45. The van der Waals surface area contributed by atoms with E-state index in [0.717, 1.165) is 0 Å². The van der Waals surface area contributed by atoms with Crippen molar-refractivity contribution in [3.05, 3.63) is 0 Å². The van der Waals surface area contributed by atoms with Crippen molar-refractivity contribution in [3.8, 4) is 6.19 Å². The standard InChI is InChI=1S/C7H11FN4/c8-6-1-3-12(4-2-6)7(10)11-5-9/h6H,1-4H2,(H2,10,11). The zero-order valence-electron chi connectivity index (χ0n) is 6.70. The molecular formula is C7H11FN4. The van der Waals surface area contributed by atoms with Crippen LogP contribution in [0.3, 0.4) is 0 Å². The molecule has 4 nitrogen and oxygen atoms in total. The fourth-order valence-electron chi connectivity index (χ4n) is 1.20. The first-order chi connectivity index (χ1) is 5.74. The second-order valence-electron chi connectivity index (χ2n) is 2.73. The second-order valence-corrected chi connectivity index (χ2v) is 2.73. The number of alkyl halides is 1. The smallest absolute Gasteiger partial charge is 0.209 e. The molecule has 0 saturated carbocycles. The molecule has 5 heteroatoms. The van der Waals surface area contributed by atoms with Crippen LogP contribution >= 0.6 is 0 Å². The van der Waals surface area contributed by atoms with E-state index < -0.39 is 6.17 Å². The van der Waals surface area contributed by atoms with Gasteiger partial charge in [0.2, 0.25) is 12.2 Å². The minimum absolute atomic E-state index is 0.199. The Morgan fingerprint density at radius 1 is 1.58 bits per heavy atom. The summed E-state index contributed by atoms with van der Waals surface area (Å²) >= 11 is 0. The molecule has 1 aliphatic rings. The normalized spacial score (nSPS) is 20.7. The van der Waals surface area contributed by atoms with Gasteiger partial charge in [-0.2, -0.15) is 5.26 Å². The van der Waals surface area contributed by atoms with E-state index in [4.69, 9.17) is 11.0 Å². The predicted octanol–water partition coefficient (Wildman–Crippen LogP) is 0.216. The van der Waals surface area contributed by atoms with Gasteiger partial charge in [0.1, 0.15) is 6.17 Å². The zero-order chi connectivity index (χ0) is 8.97. The second kappa shape index (κ2) is 3.90. The van der Waals surface area contributed by atoms with E-state index in [1.54, 1.807) is 11.1 Å². The Hall–Kier alpha value is -1.31. The van der Waals surface area contributed by atoms with E-state index in [2.05, 4.69) is 4.99 Å². The molecule has 0 amide bonds. The van der Waals surface area contributed by atoms with E-state index in [1.807, 2.05) is 0 Å². The molecule has 0 aliphatic carbocycles. The fraction of sp³-hybridized carbons (Fsp3) is 0.714. The molecule has 1 heterocycles. The van der Waals surface area contributed by atoms with Crippen LogP contribution in [-0.4, -0.2) is 30.1 Å². The monoisotopic (exact) mass is 170 g/mol. The van der Waals surface area contributed by atoms with Crippen LogP contribution in [0.15, 0.2) is 4.99 Å². The van der Waals surface area contributed by atoms with Gasteiger partial charge in [0.05, 0.1) is 0 Å². The molecule has 12 heavy (non-hydrogen) atoms. The SMILES string of the molecule is N#CN=C(N)N1CCC(F)CC1. The van der Waals surface area contributed by atoms with Crippen molar-refractivity contribution in [3.63, 3.8) is 0 Å². The van der Waals surface area contributed by atoms with Crippen molar-refractivity contribution >= 4 is 5.96 Å². The van der Waals surface area contributed by atoms with Crippen LogP contribution < -0.4 is 5.73 Å². The summed E-state index contributed by atoms with van der Waals surface area (Å²) in [6.45, 7) is 1.11. The Bertz CT molecular complexity index is 212. The first-order valence-corrected chi connectivity index (χ1v) is 3.85. The number of nitrogens with zero attached hydrogens (tertiary/aromatic N) is 3. The number of rotatable bonds is 0. The lowest BCUT2D eigenvalue weighted by molar-refractivity contribution is 0.203. The molecule has 1 rings (SSSR count). The molecule has 0 aromatic carbocycles. The number of guanidine groups is 1. The van der Waals surface area contributed by atoms with Crippen molar-refractivity contribution in [1.29, 1.82) is 5.26 Å². The first-order valence-electron chi connectivity index (χ1n) is 3.85. The van der Waals surface area contributed by atoms with E-state index in [-0.39, 0.29) is 5.96 Å².